The highest BCUT2D eigenvalue weighted by Crippen LogP contribution is 2.28. The molecule has 0 saturated heterocycles. The van der Waals surface area contributed by atoms with Gasteiger partial charge in [0.1, 0.15) is 0 Å². The van der Waals surface area contributed by atoms with Crippen LogP contribution in [0.3, 0.4) is 0 Å². The summed E-state index contributed by atoms with van der Waals surface area (Å²) in [5.74, 6) is -1.06. The number of carbonyl (C=O) groups is 1. The van der Waals surface area contributed by atoms with E-state index in [1.165, 1.54) is 11.3 Å². The van der Waals surface area contributed by atoms with E-state index in [0.29, 0.717) is 5.13 Å². The second-order valence-electron chi connectivity index (χ2n) is 6.36. The lowest BCUT2D eigenvalue weighted by molar-refractivity contribution is 0.0697. The molecule has 4 rings (SSSR count). The molecule has 0 fully saturated rings. The van der Waals surface area contributed by atoms with E-state index in [9.17, 15) is 9.90 Å². The van der Waals surface area contributed by atoms with Gasteiger partial charge in [-0.15, -0.1) is 11.3 Å². The zero-order chi connectivity index (χ0) is 20.9. The molecule has 0 saturated carbocycles. The summed E-state index contributed by atoms with van der Waals surface area (Å²) in [6, 6.07) is 22.5. The predicted molar refractivity (Wildman–Crippen MR) is 123 cm³/mol. The van der Waals surface area contributed by atoms with Crippen LogP contribution in [0, 0.1) is 0 Å². The van der Waals surface area contributed by atoms with Gasteiger partial charge in [0, 0.05) is 16.5 Å². The third kappa shape index (κ3) is 4.40. The standard InChI is InChI=1S/C23H16ClN3O2S/c24-20-11-10-16(12-19(20)22(28)29)18-9-5-4-8-17(18)13-25-27-23-26-21(14-30-23)15-6-2-1-3-7-15/h1-14H,(H,26,27)(H,28,29). The fraction of sp³-hybridized carbons (Fsp3) is 0. The van der Waals surface area contributed by atoms with Gasteiger partial charge in [-0.1, -0.05) is 72.3 Å². The molecule has 148 valence electrons. The average molecular weight is 434 g/mol. The van der Waals surface area contributed by atoms with Crippen LogP contribution >= 0.6 is 22.9 Å². The summed E-state index contributed by atoms with van der Waals surface area (Å²) < 4.78 is 0. The number of aromatic carboxylic acids is 1. The van der Waals surface area contributed by atoms with Crippen LogP contribution in [0.5, 0.6) is 0 Å². The molecule has 7 heteroatoms. The second kappa shape index (κ2) is 8.90. The van der Waals surface area contributed by atoms with E-state index in [2.05, 4.69) is 15.5 Å². The smallest absolute Gasteiger partial charge is 0.337 e. The lowest BCUT2D eigenvalue weighted by Gasteiger charge is -2.08. The number of hydrazone groups is 1. The highest BCUT2D eigenvalue weighted by Gasteiger charge is 2.12. The third-order valence-corrected chi connectivity index (χ3v) is 5.48. The monoisotopic (exact) mass is 433 g/mol. The minimum Gasteiger partial charge on any atom is -0.478 e. The number of hydrogen-bond donors (Lipinski definition) is 2. The Morgan fingerprint density at radius 1 is 1.03 bits per heavy atom. The molecule has 0 atom stereocenters. The van der Waals surface area contributed by atoms with Crippen LogP contribution in [-0.4, -0.2) is 22.3 Å². The predicted octanol–water partition coefficient (Wildman–Crippen LogP) is 6.27. The number of carboxylic acid groups (broad SMARTS) is 1. The summed E-state index contributed by atoms with van der Waals surface area (Å²) in [4.78, 5) is 15.9. The first-order valence-electron chi connectivity index (χ1n) is 9.04. The number of anilines is 1. The Morgan fingerprint density at radius 3 is 2.60 bits per heavy atom. The first kappa shape index (κ1) is 19.8. The van der Waals surface area contributed by atoms with Crippen molar-refractivity contribution in [3.05, 3.63) is 94.3 Å². The van der Waals surface area contributed by atoms with E-state index >= 15 is 0 Å². The minimum absolute atomic E-state index is 0.0651. The molecule has 0 radical (unpaired) electrons. The van der Waals surface area contributed by atoms with Crippen molar-refractivity contribution in [1.82, 2.24) is 4.98 Å². The Bertz CT molecular complexity index is 1220. The number of benzene rings is 3. The average Bonchev–Trinajstić information content (AvgIpc) is 3.24. The first-order valence-corrected chi connectivity index (χ1v) is 10.3. The van der Waals surface area contributed by atoms with Crippen LogP contribution in [0.15, 0.2) is 83.3 Å². The fourth-order valence-electron chi connectivity index (χ4n) is 2.95. The lowest BCUT2D eigenvalue weighted by Crippen LogP contribution is -1.98. The highest BCUT2D eigenvalue weighted by molar-refractivity contribution is 7.14. The van der Waals surface area contributed by atoms with Crippen molar-refractivity contribution < 1.29 is 9.90 Å². The van der Waals surface area contributed by atoms with Crippen LogP contribution in [0.25, 0.3) is 22.4 Å². The molecule has 0 aliphatic rings. The summed E-state index contributed by atoms with van der Waals surface area (Å²) >= 11 is 7.46. The topological polar surface area (TPSA) is 74.6 Å². The van der Waals surface area contributed by atoms with Gasteiger partial charge in [-0.25, -0.2) is 9.78 Å². The number of carboxylic acids is 1. The van der Waals surface area contributed by atoms with E-state index in [0.717, 1.165) is 27.9 Å². The van der Waals surface area contributed by atoms with Gasteiger partial charge in [-0.3, -0.25) is 5.43 Å². The molecule has 2 N–H and O–H groups in total. The van der Waals surface area contributed by atoms with Crippen LogP contribution < -0.4 is 5.43 Å². The molecule has 4 aromatic rings. The number of thiazole rings is 1. The first-order chi connectivity index (χ1) is 14.6. The zero-order valence-electron chi connectivity index (χ0n) is 15.6. The van der Waals surface area contributed by atoms with Crippen LogP contribution in [0.1, 0.15) is 15.9 Å². The van der Waals surface area contributed by atoms with Crippen molar-refractivity contribution in [2.75, 3.05) is 5.43 Å². The third-order valence-electron chi connectivity index (χ3n) is 4.41. The molecule has 0 unspecified atom stereocenters. The normalized spacial score (nSPS) is 11.0. The molecule has 0 amide bonds. The molecule has 1 aromatic heterocycles. The van der Waals surface area contributed by atoms with Crippen molar-refractivity contribution in [1.29, 1.82) is 0 Å². The second-order valence-corrected chi connectivity index (χ2v) is 7.63. The molecule has 30 heavy (non-hydrogen) atoms. The van der Waals surface area contributed by atoms with Crippen molar-refractivity contribution in [2.45, 2.75) is 0 Å². The van der Waals surface area contributed by atoms with Crippen LogP contribution in [0.2, 0.25) is 5.02 Å². The molecule has 0 aliphatic carbocycles. The summed E-state index contributed by atoms with van der Waals surface area (Å²) in [5, 5.41) is 16.5. The van der Waals surface area contributed by atoms with Gasteiger partial charge in [0.2, 0.25) is 5.13 Å². The maximum absolute atomic E-state index is 11.4. The van der Waals surface area contributed by atoms with Gasteiger partial charge in [0.15, 0.2) is 0 Å². The van der Waals surface area contributed by atoms with Gasteiger partial charge >= 0.3 is 5.97 Å². The van der Waals surface area contributed by atoms with Gasteiger partial charge in [0.25, 0.3) is 0 Å². The van der Waals surface area contributed by atoms with E-state index in [-0.39, 0.29) is 10.6 Å². The summed E-state index contributed by atoms with van der Waals surface area (Å²) in [5.41, 5.74) is 7.41. The number of aromatic nitrogens is 1. The number of nitrogens with one attached hydrogen (secondary N) is 1. The molecule has 0 bridgehead atoms. The Labute approximate surface area is 182 Å². The number of rotatable bonds is 6. The Balaban J connectivity index is 1.55. The van der Waals surface area contributed by atoms with Crippen LogP contribution in [0.4, 0.5) is 5.13 Å². The Morgan fingerprint density at radius 2 is 1.80 bits per heavy atom. The van der Waals surface area contributed by atoms with Gasteiger partial charge < -0.3 is 5.11 Å². The number of hydrogen-bond acceptors (Lipinski definition) is 5. The molecule has 1 heterocycles. The molecule has 0 spiro atoms. The van der Waals surface area contributed by atoms with E-state index in [1.807, 2.05) is 60.0 Å². The Hall–Kier alpha value is -3.48. The van der Waals surface area contributed by atoms with Crippen molar-refractivity contribution >= 4 is 40.3 Å². The van der Waals surface area contributed by atoms with Crippen molar-refractivity contribution in [3.8, 4) is 22.4 Å². The Kier molecular flexibility index (Phi) is 5.88. The molecular formula is C23H16ClN3O2S. The zero-order valence-corrected chi connectivity index (χ0v) is 17.2. The molecule has 3 aromatic carbocycles. The largest absolute Gasteiger partial charge is 0.478 e. The van der Waals surface area contributed by atoms with Crippen LogP contribution in [-0.2, 0) is 0 Å². The van der Waals surface area contributed by atoms with Gasteiger partial charge in [0.05, 0.1) is 22.5 Å². The number of halogens is 1. The van der Waals surface area contributed by atoms with Gasteiger partial charge in [-0.2, -0.15) is 5.10 Å². The summed E-state index contributed by atoms with van der Waals surface area (Å²) in [6.45, 7) is 0. The van der Waals surface area contributed by atoms with Crippen molar-refractivity contribution in [2.24, 2.45) is 5.10 Å². The van der Waals surface area contributed by atoms with E-state index < -0.39 is 5.97 Å². The molecule has 5 nitrogen and oxygen atoms in total. The maximum atomic E-state index is 11.4. The van der Waals surface area contributed by atoms with Crippen molar-refractivity contribution in [3.63, 3.8) is 0 Å². The molecule has 0 aliphatic heterocycles. The molecular weight excluding hydrogens is 418 g/mol. The quantitative estimate of drug-likeness (QED) is 0.277. The minimum atomic E-state index is -1.06. The SMILES string of the molecule is O=C(O)c1cc(-c2ccccc2C=NNc2nc(-c3ccccc3)cs2)ccc1Cl. The maximum Gasteiger partial charge on any atom is 0.337 e. The van der Waals surface area contributed by atoms with Gasteiger partial charge in [-0.05, 0) is 23.3 Å². The summed E-state index contributed by atoms with van der Waals surface area (Å²) in [6.07, 6.45) is 1.69. The van der Waals surface area contributed by atoms with E-state index in [1.54, 1.807) is 24.4 Å². The van der Waals surface area contributed by atoms with E-state index in [4.69, 9.17) is 11.6 Å². The fourth-order valence-corrected chi connectivity index (χ4v) is 3.82. The summed E-state index contributed by atoms with van der Waals surface area (Å²) in [7, 11) is 0. The lowest BCUT2D eigenvalue weighted by atomic mass is 9.98. The number of nitrogens with zero attached hydrogens (tertiary/aromatic N) is 2. The highest BCUT2D eigenvalue weighted by atomic mass is 35.5.